The number of carbonyl (C=O) groups excluding carboxylic acids is 2. The number of fused-ring (bicyclic) bond motifs is 4. The lowest BCUT2D eigenvalue weighted by Gasteiger charge is -2.17. The first-order valence-electron chi connectivity index (χ1n) is 17.7. The molecule has 7 nitrogen and oxygen atoms in total. The summed E-state index contributed by atoms with van der Waals surface area (Å²) in [5.41, 5.74) is 0. The van der Waals surface area contributed by atoms with E-state index in [0.717, 1.165) is 69.1 Å². The Morgan fingerprint density at radius 3 is 1.56 bits per heavy atom. The van der Waals surface area contributed by atoms with Crippen molar-refractivity contribution in [2.75, 3.05) is 33.0 Å². The molecule has 0 aromatic carbocycles. The number of aliphatic hydroxyl groups excluding tert-OH is 3. The summed E-state index contributed by atoms with van der Waals surface area (Å²) in [6.45, 7) is 9.60. The molecule has 5 rings (SSSR count). The average molecular weight is 629 g/mol. The molecule has 0 saturated heterocycles. The van der Waals surface area contributed by atoms with Crippen molar-refractivity contribution in [3.05, 3.63) is 49.6 Å². The maximum absolute atomic E-state index is 11.6. The van der Waals surface area contributed by atoms with Crippen molar-refractivity contribution in [3.63, 3.8) is 0 Å². The summed E-state index contributed by atoms with van der Waals surface area (Å²) in [4.78, 5) is 23.0. The fourth-order valence-electron chi connectivity index (χ4n) is 7.73. The van der Waals surface area contributed by atoms with Crippen LogP contribution in [-0.4, -0.2) is 60.3 Å². The molecule has 3 N–H and O–H groups in total. The van der Waals surface area contributed by atoms with Gasteiger partial charge in [-0.1, -0.05) is 49.3 Å². The van der Waals surface area contributed by atoms with Gasteiger partial charge in [0.05, 0.1) is 13.2 Å². The molecule has 7 heteroatoms. The summed E-state index contributed by atoms with van der Waals surface area (Å²) in [7, 11) is 0. The van der Waals surface area contributed by atoms with Gasteiger partial charge >= 0.3 is 11.9 Å². The number of carbonyl (C=O) groups is 2. The van der Waals surface area contributed by atoms with E-state index in [-0.39, 0.29) is 25.2 Å². The summed E-state index contributed by atoms with van der Waals surface area (Å²) in [6.07, 6.45) is 26.1. The lowest BCUT2D eigenvalue weighted by molar-refractivity contribution is -0.146. The molecule has 0 aliphatic heterocycles. The van der Waals surface area contributed by atoms with Crippen LogP contribution in [0.1, 0.15) is 89.9 Å². The van der Waals surface area contributed by atoms with E-state index in [1.165, 1.54) is 25.7 Å². The molecule has 45 heavy (non-hydrogen) atoms. The lowest BCUT2D eigenvalue weighted by atomic mass is 9.95. The van der Waals surface area contributed by atoms with Gasteiger partial charge in [-0.2, -0.15) is 0 Å². The minimum atomic E-state index is -0.122. The highest BCUT2D eigenvalue weighted by atomic mass is 16.5. The van der Waals surface area contributed by atoms with Crippen LogP contribution in [0, 0.1) is 53.3 Å². The third kappa shape index (κ3) is 12.8. The molecule has 9 atom stereocenters. The number of hydrogen-bond acceptors (Lipinski definition) is 7. The zero-order chi connectivity index (χ0) is 32.4. The highest BCUT2D eigenvalue weighted by Gasteiger charge is 2.36. The molecule has 0 radical (unpaired) electrons. The number of esters is 2. The highest BCUT2D eigenvalue weighted by Crippen LogP contribution is 2.44. The molecule has 0 aromatic rings. The van der Waals surface area contributed by atoms with Gasteiger partial charge in [-0.05, 0) is 117 Å². The summed E-state index contributed by atoms with van der Waals surface area (Å²) in [5.74, 6) is 5.25. The van der Waals surface area contributed by atoms with E-state index >= 15 is 0 Å². The van der Waals surface area contributed by atoms with E-state index in [0.29, 0.717) is 68.2 Å². The molecular formula is C38H60O7. The number of hydrogen-bond donors (Lipinski definition) is 3. The zero-order valence-corrected chi connectivity index (χ0v) is 27.5. The summed E-state index contributed by atoms with van der Waals surface area (Å²) < 4.78 is 10.7. The van der Waals surface area contributed by atoms with Crippen LogP contribution in [0.3, 0.4) is 0 Å². The van der Waals surface area contributed by atoms with E-state index in [1.807, 2.05) is 12.2 Å². The smallest absolute Gasteiger partial charge is 0.305 e. The molecule has 0 amide bonds. The van der Waals surface area contributed by atoms with Crippen molar-refractivity contribution in [2.45, 2.75) is 89.9 Å². The minimum Gasteiger partial charge on any atom is -0.465 e. The van der Waals surface area contributed by atoms with Crippen molar-refractivity contribution < 1.29 is 34.4 Å². The second-order valence-electron chi connectivity index (χ2n) is 13.8. The molecule has 0 aromatic heterocycles. The van der Waals surface area contributed by atoms with Gasteiger partial charge in [-0.15, -0.1) is 13.2 Å². The first-order chi connectivity index (χ1) is 21.9. The van der Waals surface area contributed by atoms with Gasteiger partial charge in [0, 0.05) is 32.7 Å². The average Bonchev–Trinajstić information content (AvgIpc) is 3.91. The summed E-state index contributed by atoms with van der Waals surface area (Å²) in [6, 6.07) is 0. The predicted octanol–water partition coefficient (Wildman–Crippen LogP) is 6.58. The number of allylic oxidation sites excluding steroid dienone is 6. The molecular weight excluding hydrogens is 568 g/mol. The molecule has 3 saturated carbocycles. The Morgan fingerprint density at radius 1 is 0.622 bits per heavy atom. The highest BCUT2D eigenvalue weighted by molar-refractivity contribution is 5.69. The second kappa shape index (κ2) is 20.8. The van der Waals surface area contributed by atoms with E-state index in [9.17, 15) is 9.59 Å². The van der Waals surface area contributed by atoms with Crippen molar-refractivity contribution in [1.82, 2.24) is 0 Å². The Balaban J connectivity index is 0.000000194. The third-order valence-corrected chi connectivity index (χ3v) is 10.5. The molecule has 0 spiro atoms. The van der Waals surface area contributed by atoms with Crippen LogP contribution in [0.25, 0.3) is 0 Å². The fourth-order valence-corrected chi connectivity index (χ4v) is 7.73. The van der Waals surface area contributed by atoms with Crippen molar-refractivity contribution in [2.24, 2.45) is 53.3 Å². The van der Waals surface area contributed by atoms with Crippen LogP contribution >= 0.6 is 0 Å². The van der Waals surface area contributed by atoms with Crippen LogP contribution < -0.4 is 0 Å². The van der Waals surface area contributed by atoms with Crippen LogP contribution in [0.4, 0.5) is 0 Å². The number of unbranched alkanes of at least 4 members (excludes halogenated alkanes) is 4. The van der Waals surface area contributed by atoms with Crippen molar-refractivity contribution >= 4 is 11.9 Å². The van der Waals surface area contributed by atoms with Gasteiger partial charge in [-0.3, -0.25) is 9.59 Å². The maximum Gasteiger partial charge on any atom is 0.305 e. The summed E-state index contributed by atoms with van der Waals surface area (Å²) >= 11 is 0. The maximum atomic E-state index is 11.6. The Hall–Kier alpha value is -2.22. The SMILES string of the molecule is C=CC1CC(C=C)C(COC(=O)CCCCCO)C1.O=C(CCCCCO)OCC1CC2C=CC1C2.OCC1CC2C=CC1C2. The van der Waals surface area contributed by atoms with Gasteiger partial charge in [0.2, 0.25) is 0 Å². The largest absolute Gasteiger partial charge is 0.465 e. The third-order valence-electron chi connectivity index (χ3n) is 10.5. The van der Waals surface area contributed by atoms with E-state index < -0.39 is 0 Å². The number of rotatable bonds is 17. The molecule has 254 valence electrons. The van der Waals surface area contributed by atoms with Crippen LogP contribution in [-0.2, 0) is 19.1 Å². The van der Waals surface area contributed by atoms with Gasteiger partial charge in [-0.25, -0.2) is 0 Å². The van der Waals surface area contributed by atoms with Crippen molar-refractivity contribution in [3.8, 4) is 0 Å². The minimum absolute atomic E-state index is 0.0744. The molecule has 5 aliphatic rings. The topological polar surface area (TPSA) is 113 Å². The molecule has 4 bridgehead atoms. The lowest BCUT2D eigenvalue weighted by Crippen LogP contribution is -2.17. The standard InChI is InChI=1S/C16H26O3.C14H22O3.C8H12O/c1-3-13-10-14(4-2)15(11-13)12-19-16(18)8-6-5-7-9-17;15-7-3-1-2-4-14(16)17-10-13-9-11-5-6-12(13)8-11;9-5-8-4-6-1-2-7(8)3-6/h3-4,13-15,17H,1-2,5-12H2;5-6,11-13,15H,1-4,7-10H2;1-2,6-9H,3-5H2. The summed E-state index contributed by atoms with van der Waals surface area (Å²) in [5, 5.41) is 26.1. The normalized spacial score (nSPS) is 31.6. The van der Waals surface area contributed by atoms with Crippen molar-refractivity contribution in [1.29, 1.82) is 0 Å². The molecule has 9 unspecified atom stereocenters. The fraction of sp³-hybridized carbons (Fsp3) is 0.737. The van der Waals surface area contributed by atoms with Gasteiger partial charge in [0.25, 0.3) is 0 Å². The quantitative estimate of drug-likeness (QED) is 0.0947. The molecule has 5 aliphatic carbocycles. The van der Waals surface area contributed by atoms with E-state index in [4.69, 9.17) is 24.8 Å². The Bertz CT molecular complexity index is 958. The predicted molar refractivity (Wildman–Crippen MR) is 178 cm³/mol. The van der Waals surface area contributed by atoms with E-state index in [1.54, 1.807) is 0 Å². The Morgan fingerprint density at radius 2 is 1.16 bits per heavy atom. The van der Waals surface area contributed by atoms with Crippen LogP contribution in [0.2, 0.25) is 0 Å². The van der Waals surface area contributed by atoms with E-state index in [2.05, 4.69) is 37.5 Å². The van der Waals surface area contributed by atoms with Crippen LogP contribution in [0.15, 0.2) is 49.6 Å². The van der Waals surface area contributed by atoms with Crippen LogP contribution in [0.5, 0.6) is 0 Å². The zero-order valence-electron chi connectivity index (χ0n) is 27.5. The van der Waals surface area contributed by atoms with Gasteiger partial charge in [0.1, 0.15) is 0 Å². The molecule has 0 heterocycles. The second-order valence-corrected chi connectivity index (χ2v) is 13.8. The van der Waals surface area contributed by atoms with Gasteiger partial charge < -0.3 is 24.8 Å². The molecule has 3 fully saturated rings. The monoisotopic (exact) mass is 628 g/mol. The Kier molecular flexibility index (Phi) is 17.2. The number of aliphatic hydroxyl groups is 3. The Labute approximate surface area is 271 Å². The van der Waals surface area contributed by atoms with Gasteiger partial charge in [0.15, 0.2) is 0 Å². The first-order valence-corrected chi connectivity index (χ1v) is 17.7. The first kappa shape index (κ1) is 37.2. The number of ether oxygens (including phenoxy) is 2.